The number of furan rings is 1. The van der Waals surface area contributed by atoms with Crippen LogP contribution >= 0.6 is 0 Å². The van der Waals surface area contributed by atoms with E-state index in [1.807, 2.05) is 19.1 Å². The zero-order chi connectivity index (χ0) is 12.1. The molecule has 5 nitrogen and oxygen atoms in total. The van der Waals surface area contributed by atoms with Crippen molar-refractivity contribution in [1.29, 1.82) is 0 Å². The van der Waals surface area contributed by atoms with Gasteiger partial charge in [-0.1, -0.05) is 0 Å². The van der Waals surface area contributed by atoms with E-state index in [1.165, 1.54) is 0 Å². The lowest BCUT2D eigenvalue weighted by atomic mass is 10.2. The predicted octanol–water partition coefficient (Wildman–Crippen LogP) is 1.22. The monoisotopic (exact) mass is 233 g/mol. The molecule has 0 aromatic carbocycles. The molecule has 2 aromatic rings. The van der Waals surface area contributed by atoms with Crippen LogP contribution in [0.1, 0.15) is 12.7 Å². The minimum Gasteiger partial charge on any atom is -0.469 e. The van der Waals surface area contributed by atoms with E-state index >= 15 is 0 Å². The van der Waals surface area contributed by atoms with Gasteiger partial charge < -0.3 is 9.73 Å². The number of nitrogens with one attached hydrogen (secondary N) is 1. The largest absolute Gasteiger partial charge is 0.469 e. The van der Waals surface area contributed by atoms with Crippen LogP contribution in [-0.4, -0.2) is 21.7 Å². The molecule has 1 unspecified atom stereocenters. The molecule has 0 saturated heterocycles. The molecular weight excluding hydrogens is 218 g/mol. The van der Waals surface area contributed by atoms with E-state index in [0.717, 1.165) is 5.76 Å². The fourth-order valence-corrected chi connectivity index (χ4v) is 1.64. The van der Waals surface area contributed by atoms with Crippen LogP contribution in [0.4, 0.5) is 0 Å². The van der Waals surface area contributed by atoms with Crippen molar-refractivity contribution < 1.29 is 9.21 Å². The summed E-state index contributed by atoms with van der Waals surface area (Å²) in [6.07, 6.45) is 5.74. The van der Waals surface area contributed by atoms with Crippen LogP contribution in [0.15, 0.2) is 41.3 Å². The number of amides is 1. The average molecular weight is 233 g/mol. The second-order valence-corrected chi connectivity index (χ2v) is 3.96. The Labute approximate surface area is 99.4 Å². The van der Waals surface area contributed by atoms with Gasteiger partial charge in [0.2, 0.25) is 5.91 Å². The second-order valence-electron chi connectivity index (χ2n) is 3.96. The van der Waals surface area contributed by atoms with E-state index in [2.05, 4.69) is 10.4 Å². The molecule has 0 saturated carbocycles. The Morgan fingerprint density at radius 1 is 1.59 bits per heavy atom. The predicted molar refractivity (Wildman–Crippen MR) is 62.2 cm³/mol. The van der Waals surface area contributed by atoms with Gasteiger partial charge in [0.25, 0.3) is 0 Å². The zero-order valence-corrected chi connectivity index (χ0v) is 9.67. The van der Waals surface area contributed by atoms with Crippen LogP contribution in [0.3, 0.4) is 0 Å². The van der Waals surface area contributed by atoms with Crippen molar-refractivity contribution in [3.05, 3.63) is 42.6 Å². The molecule has 0 radical (unpaired) electrons. The van der Waals surface area contributed by atoms with Gasteiger partial charge in [-0.3, -0.25) is 9.48 Å². The van der Waals surface area contributed by atoms with Crippen LogP contribution in [0.25, 0.3) is 0 Å². The van der Waals surface area contributed by atoms with Crippen LogP contribution in [0, 0.1) is 0 Å². The molecule has 0 fully saturated rings. The molecule has 1 N–H and O–H groups in total. The van der Waals surface area contributed by atoms with Crippen molar-refractivity contribution in [3.63, 3.8) is 0 Å². The summed E-state index contributed by atoms with van der Waals surface area (Å²) in [5, 5.41) is 6.87. The average Bonchev–Trinajstić information content (AvgIpc) is 2.90. The molecule has 90 valence electrons. The van der Waals surface area contributed by atoms with Crippen molar-refractivity contribution in [3.8, 4) is 0 Å². The lowest BCUT2D eigenvalue weighted by Crippen LogP contribution is -2.36. The summed E-state index contributed by atoms with van der Waals surface area (Å²) in [5.41, 5.74) is 0. The quantitative estimate of drug-likeness (QED) is 0.844. The minimum absolute atomic E-state index is 0.0456. The lowest BCUT2D eigenvalue weighted by molar-refractivity contribution is -0.122. The standard InChI is InChI=1S/C12H15N3O2/c1-10(8-11-4-2-7-17-11)14-12(16)9-15-6-3-5-13-15/h2-7,10H,8-9H2,1H3,(H,14,16). The molecule has 1 atom stereocenters. The summed E-state index contributed by atoms with van der Waals surface area (Å²) < 4.78 is 6.81. The van der Waals surface area contributed by atoms with E-state index in [1.54, 1.807) is 29.4 Å². The number of nitrogens with zero attached hydrogens (tertiary/aromatic N) is 2. The number of hydrogen-bond acceptors (Lipinski definition) is 3. The third-order valence-corrected chi connectivity index (χ3v) is 2.36. The van der Waals surface area contributed by atoms with Gasteiger partial charge in [-0.25, -0.2) is 0 Å². The summed E-state index contributed by atoms with van der Waals surface area (Å²) >= 11 is 0. The van der Waals surface area contributed by atoms with Gasteiger partial charge in [0.1, 0.15) is 12.3 Å². The zero-order valence-electron chi connectivity index (χ0n) is 9.67. The molecular formula is C12H15N3O2. The summed E-state index contributed by atoms with van der Waals surface area (Å²) in [7, 11) is 0. The topological polar surface area (TPSA) is 60.1 Å². The number of aromatic nitrogens is 2. The van der Waals surface area contributed by atoms with Gasteiger partial charge in [0, 0.05) is 24.9 Å². The molecule has 0 aliphatic carbocycles. The highest BCUT2D eigenvalue weighted by Crippen LogP contribution is 2.03. The normalized spacial score (nSPS) is 12.3. The Kier molecular flexibility index (Phi) is 3.59. The minimum atomic E-state index is -0.0484. The molecule has 0 aliphatic rings. The fourth-order valence-electron chi connectivity index (χ4n) is 1.64. The first-order chi connectivity index (χ1) is 8.24. The Balaban J connectivity index is 1.78. The van der Waals surface area contributed by atoms with Gasteiger partial charge in [-0.05, 0) is 25.1 Å². The van der Waals surface area contributed by atoms with Crippen molar-refractivity contribution in [2.45, 2.75) is 25.9 Å². The third-order valence-electron chi connectivity index (χ3n) is 2.36. The summed E-state index contributed by atoms with van der Waals surface area (Å²) in [4.78, 5) is 11.6. The first-order valence-corrected chi connectivity index (χ1v) is 5.53. The van der Waals surface area contributed by atoms with Gasteiger partial charge in [0.05, 0.1) is 6.26 Å². The van der Waals surface area contributed by atoms with Crippen LogP contribution in [-0.2, 0) is 17.8 Å². The maximum absolute atomic E-state index is 11.6. The number of hydrogen-bond donors (Lipinski definition) is 1. The molecule has 0 spiro atoms. The van der Waals surface area contributed by atoms with E-state index in [9.17, 15) is 4.79 Å². The third kappa shape index (κ3) is 3.48. The van der Waals surface area contributed by atoms with Gasteiger partial charge in [-0.15, -0.1) is 0 Å². The van der Waals surface area contributed by atoms with Crippen molar-refractivity contribution in [2.24, 2.45) is 0 Å². The molecule has 2 rings (SSSR count). The highest BCUT2D eigenvalue weighted by molar-refractivity contribution is 5.75. The molecule has 2 aromatic heterocycles. The molecule has 0 bridgehead atoms. The number of carbonyl (C=O) groups is 1. The van der Waals surface area contributed by atoms with Crippen LogP contribution in [0.2, 0.25) is 0 Å². The summed E-state index contributed by atoms with van der Waals surface area (Å²) in [5.74, 6) is 0.824. The molecule has 1 amide bonds. The Bertz CT molecular complexity index is 448. The Hall–Kier alpha value is -2.04. The first kappa shape index (κ1) is 11.4. The lowest BCUT2D eigenvalue weighted by Gasteiger charge is -2.12. The molecule has 17 heavy (non-hydrogen) atoms. The van der Waals surface area contributed by atoms with E-state index in [0.29, 0.717) is 6.42 Å². The maximum Gasteiger partial charge on any atom is 0.241 e. The van der Waals surface area contributed by atoms with Gasteiger partial charge in [0.15, 0.2) is 0 Å². The number of rotatable bonds is 5. The highest BCUT2D eigenvalue weighted by Gasteiger charge is 2.09. The molecule has 2 heterocycles. The van der Waals surface area contributed by atoms with Crippen molar-refractivity contribution in [1.82, 2.24) is 15.1 Å². The van der Waals surface area contributed by atoms with Crippen LogP contribution < -0.4 is 5.32 Å². The van der Waals surface area contributed by atoms with E-state index < -0.39 is 0 Å². The summed E-state index contributed by atoms with van der Waals surface area (Å²) in [6.45, 7) is 2.19. The highest BCUT2D eigenvalue weighted by atomic mass is 16.3. The van der Waals surface area contributed by atoms with Crippen molar-refractivity contribution in [2.75, 3.05) is 0 Å². The first-order valence-electron chi connectivity index (χ1n) is 5.53. The van der Waals surface area contributed by atoms with Crippen molar-refractivity contribution >= 4 is 5.91 Å². The second kappa shape index (κ2) is 5.34. The SMILES string of the molecule is CC(Cc1ccco1)NC(=O)Cn1cccn1. The Morgan fingerprint density at radius 3 is 3.12 bits per heavy atom. The van der Waals surface area contributed by atoms with Gasteiger partial charge >= 0.3 is 0 Å². The maximum atomic E-state index is 11.6. The molecule has 0 aliphatic heterocycles. The van der Waals surface area contributed by atoms with Gasteiger partial charge in [-0.2, -0.15) is 5.10 Å². The summed E-state index contributed by atoms with van der Waals surface area (Å²) in [6, 6.07) is 5.58. The Morgan fingerprint density at radius 2 is 2.47 bits per heavy atom. The fraction of sp³-hybridized carbons (Fsp3) is 0.333. The smallest absolute Gasteiger partial charge is 0.241 e. The van der Waals surface area contributed by atoms with E-state index in [4.69, 9.17) is 4.42 Å². The number of carbonyl (C=O) groups excluding carboxylic acids is 1. The van der Waals surface area contributed by atoms with Crippen LogP contribution in [0.5, 0.6) is 0 Å². The van der Waals surface area contributed by atoms with E-state index in [-0.39, 0.29) is 18.5 Å². The molecule has 5 heteroatoms.